The van der Waals surface area contributed by atoms with Crippen LogP contribution < -0.4 is 9.64 Å². The maximum Gasteiger partial charge on any atom is 0.269 e. The van der Waals surface area contributed by atoms with Crippen LogP contribution in [0.15, 0.2) is 48.7 Å². The molecule has 0 bridgehead atoms. The van der Waals surface area contributed by atoms with E-state index in [0.717, 1.165) is 25.2 Å². The third-order valence-electron chi connectivity index (χ3n) is 4.99. The van der Waals surface area contributed by atoms with E-state index < -0.39 is 6.10 Å². The van der Waals surface area contributed by atoms with Gasteiger partial charge in [-0.1, -0.05) is 30.3 Å². The van der Waals surface area contributed by atoms with Crippen LogP contribution in [0.2, 0.25) is 0 Å². The molecule has 0 N–H and O–H groups in total. The second-order valence-electron chi connectivity index (χ2n) is 6.73. The molecule has 0 spiro atoms. The molecule has 0 aliphatic carbocycles. The van der Waals surface area contributed by atoms with Gasteiger partial charge in [0.05, 0.1) is 6.04 Å². The highest BCUT2D eigenvalue weighted by atomic mass is 35.5. The molecule has 4 rings (SSSR count). The maximum absolute atomic E-state index is 13.0. The smallest absolute Gasteiger partial charge is 0.269 e. The van der Waals surface area contributed by atoms with Gasteiger partial charge in [-0.3, -0.25) is 9.69 Å². The number of anilines is 1. The molecule has 1 saturated heterocycles. The first kappa shape index (κ1) is 21.5. The van der Waals surface area contributed by atoms with E-state index in [0.29, 0.717) is 11.6 Å². The van der Waals surface area contributed by atoms with Gasteiger partial charge in [-0.05, 0) is 50.6 Å². The summed E-state index contributed by atoms with van der Waals surface area (Å²) in [4.78, 5) is 21.8. The first-order valence-electron chi connectivity index (χ1n) is 8.96. The number of likely N-dealkylation sites (tertiary alicyclic amines) is 1. The van der Waals surface area contributed by atoms with Crippen LogP contribution in [0.25, 0.3) is 0 Å². The molecule has 2 aliphatic heterocycles. The van der Waals surface area contributed by atoms with Crippen molar-refractivity contribution in [2.75, 3.05) is 24.5 Å². The predicted molar refractivity (Wildman–Crippen MR) is 111 cm³/mol. The molecule has 0 radical (unpaired) electrons. The summed E-state index contributed by atoms with van der Waals surface area (Å²) < 4.78 is 5.76. The highest BCUT2D eigenvalue weighted by Gasteiger charge is 2.38. The van der Waals surface area contributed by atoms with Crippen molar-refractivity contribution >= 4 is 36.5 Å². The van der Waals surface area contributed by atoms with Crippen LogP contribution in [0, 0.1) is 0 Å². The summed E-state index contributed by atoms with van der Waals surface area (Å²) in [5, 5.41) is 0. The summed E-state index contributed by atoms with van der Waals surface area (Å²) in [5.74, 6) is 1.27. The van der Waals surface area contributed by atoms with Crippen molar-refractivity contribution < 1.29 is 9.53 Å². The lowest BCUT2D eigenvalue weighted by atomic mass is 10.0. The third kappa shape index (κ3) is 4.37. The maximum atomic E-state index is 13.0. The first-order chi connectivity index (χ1) is 12.2. The monoisotopic (exact) mass is 409 g/mol. The second-order valence-corrected chi connectivity index (χ2v) is 6.73. The summed E-state index contributed by atoms with van der Waals surface area (Å²) in [6.45, 7) is 4.81. The van der Waals surface area contributed by atoms with E-state index >= 15 is 0 Å². The lowest BCUT2D eigenvalue weighted by Gasteiger charge is -2.39. The van der Waals surface area contributed by atoms with Crippen molar-refractivity contribution in [1.29, 1.82) is 0 Å². The number of carbonyl (C=O) groups excluding carboxylic acids is 1. The van der Waals surface area contributed by atoms with Crippen molar-refractivity contribution in [1.82, 2.24) is 9.88 Å². The highest BCUT2D eigenvalue weighted by Crippen LogP contribution is 2.38. The van der Waals surface area contributed by atoms with Crippen LogP contribution in [0.4, 0.5) is 5.82 Å². The summed E-state index contributed by atoms with van der Waals surface area (Å²) >= 11 is 0. The summed E-state index contributed by atoms with van der Waals surface area (Å²) in [7, 11) is 0. The van der Waals surface area contributed by atoms with Crippen LogP contribution >= 0.6 is 24.8 Å². The van der Waals surface area contributed by atoms with E-state index in [1.54, 1.807) is 6.20 Å². The normalized spacial score (nSPS) is 20.1. The van der Waals surface area contributed by atoms with Crippen LogP contribution in [0.3, 0.4) is 0 Å². The van der Waals surface area contributed by atoms with Gasteiger partial charge < -0.3 is 9.64 Å². The fourth-order valence-corrected chi connectivity index (χ4v) is 3.72. The van der Waals surface area contributed by atoms with Gasteiger partial charge in [-0.25, -0.2) is 4.98 Å². The number of hydrogen-bond donors (Lipinski definition) is 0. The van der Waals surface area contributed by atoms with E-state index in [9.17, 15) is 4.79 Å². The van der Waals surface area contributed by atoms with Gasteiger partial charge in [0, 0.05) is 12.7 Å². The first-order valence-corrected chi connectivity index (χ1v) is 8.96. The molecule has 1 amide bonds. The Hall–Kier alpha value is -1.82. The van der Waals surface area contributed by atoms with E-state index in [2.05, 4.69) is 22.0 Å². The number of fused-ring (bicyclic) bond motifs is 1. The Bertz CT molecular complexity index is 754. The minimum atomic E-state index is -0.499. The highest BCUT2D eigenvalue weighted by molar-refractivity contribution is 5.99. The quantitative estimate of drug-likeness (QED) is 0.768. The SMILES string of the molecule is CC1Oc2cccnc2N(C(CN2CCCC2)c2ccccc2)C1=O.Cl.Cl. The number of pyridine rings is 1. The average molecular weight is 410 g/mol. The topological polar surface area (TPSA) is 45.7 Å². The van der Waals surface area contributed by atoms with Gasteiger partial charge in [0.2, 0.25) is 0 Å². The number of aromatic nitrogens is 1. The molecular weight excluding hydrogens is 385 g/mol. The molecule has 1 aromatic heterocycles. The number of benzene rings is 1. The molecule has 7 heteroatoms. The van der Waals surface area contributed by atoms with Gasteiger partial charge in [0.1, 0.15) is 0 Å². The average Bonchev–Trinajstić information content (AvgIpc) is 3.15. The Labute approximate surface area is 172 Å². The molecule has 146 valence electrons. The van der Waals surface area contributed by atoms with Crippen molar-refractivity contribution in [3.63, 3.8) is 0 Å². The zero-order valence-corrected chi connectivity index (χ0v) is 16.9. The van der Waals surface area contributed by atoms with E-state index in [-0.39, 0.29) is 36.8 Å². The van der Waals surface area contributed by atoms with E-state index in [1.807, 2.05) is 42.2 Å². The van der Waals surface area contributed by atoms with Gasteiger partial charge in [0.15, 0.2) is 17.7 Å². The Morgan fingerprint density at radius 2 is 1.81 bits per heavy atom. The summed E-state index contributed by atoms with van der Waals surface area (Å²) in [6.07, 6.45) is 3.67. The molecule has 3 heterocycles. The molecule has 27 heavy (non-hydrogen) atoms. The van der Waals surface area contributed by atoms with Crippen LogP contribution in [0.1, 0.15) is 31.4 Å². The van der Waals surface area contributed by atoms with Gasteiger partial charge in [-0.15, -0.1) is 24.8 Å². The van der Waals surface area contributed by atoms with Crippen LogP contribution in [0.5, 0.6) is 5.75 Å². The molecule has 2 unspecified atom stereocenters. The van der Waals surface area contributed by atoms with Gasteiger partial charge in [-0.2, -0.15) is 0 Å². The molecule has 2 aliphatic rings. The minimum absolute atomic E-state index is 0. The lowest BCUT2D eigenvalue weighted by Crippen LogP contribution is -2.49. The largest absolute Gasteiger partial charge is 0.477 e. The zero-order valence-electron chi connectivity index (χ0n) is 15.3. The fraction of sp³-hybridized carbons (Fsp3) is 0.400. The number of carbonyl (C=O) groups is 1. The van der Waals surface area contributed by atoms with E-state index in [1.165, 1.54) is 12.8 Å². The molecule has 2 atom stereocenters. The molecule has 1 fully saturated rings. The molecule has 1 aromatic carbocycles. The minimum Gasteiger partial charge on any atom is -0.477 e. The van der Waals surface area contributed by atoms with Gasteiger partial charge >= 0.3 is 0 Å². The van der Waals surface area contributed by atoms with Gasteiger partial charge in [0.25, 0.3) is 5.91 Å². The summed E-state index contributed by atoms with van der Waals surface area (Å²) in [5.41, 5.74) is 1.13. The number of amides is 1. The zero-order chi connectivity index (χ0) is 17.2. The lowest BCUT2D eigenvalue weighted by molar-refractivity contribution is -0.126. The number of halogens is 2. The van der Waals surface area contributed by atoms with Crippen LogP contribution in [-0.4, -0.2) is 41.5 Å². The van der Waals surface area contributed by atoms with Crippen molar-refractivity contribution in [3.8, 4) is 5.75 Å². The number of ether oxygens (including phenoxy) is 1. The second kappa shape index (κ2) is 9.40. The Kier molecular flexibility index (Phi) is 7.48. The Morgan fingerprint density at radius 3 is 2.52 bits per heavy atom. The van der Waals surface area contributed by atoms with Crippen molar-refractivity contribution in [3.05, 3.63) is 54.2 Å². The molecular formula is C20H25Cl2N3O2. The Morgan fingerprint density at radius 1 is 1.11 bits per heavy atom. The molecule has 5 nitrogen and oxygen atoms in total. The van der Waals surface area contributed by atoms with E-state index in [4.69, 9.17) is 4.74 Å². The number of nitrogens with zero attached hydrogens (tertiary/aromatic N) is 3. The number of rotatable bonds is 4. The standard InChI is InChI=1S/C20H23N3O2.2ClH/c1-15-20(24)23(19-18(25-15)10-7-11-21-19)17(14-22-12-5-6-13-22)16-8-3-2-4-9-16;;/h2-4,7-11,15,17H,5-6,12-14H2,1H3;2*1H. The van der Waals surface area contributed by atoms with Crippen molar-refractivity contribution in [2.45, 2.75) is 31.9 Å². The fourth-order valence-electron chi connectivity index (χ4n) is 3.72. The van der Waals surface area contributed by atoms with Crippen molar-refractivity contribution in [2.24, 2.45) is 0 Å². The molecule has 0 saturated carbocycles. The van der Waals surface area contributed by atoms with Crippen LogP contribution in [-0.2, 0) is 4.79 Å². The predicted octanol–water partition coefficient (Wildman–Crippen LogP) is 3.88. The Balaban J connectivity index is 0.00000131. The molecule has 2 aromatic rings. The number of hydrogen-bond acceptors (Lipinski definition) is 4. The summed E-state index contributed by atoms with van der Waals surface area (Å²) in [6, 6.07) is 13.9. The third-order valence-corrected chi connectivity index (χ3v) is 4.99.